The van der Waals surface area contributed by atoms with E-state index in [2.05, 4.69) is 47.4 Å². The third-order valence-electron chi connectivity index (χ3n) is 2.46. The topological polar surface area (TPSA) is 91.0 Å². The summed E-state index contributed by atoms with van der Waals surface area (Å²) in [6.45, 7) is 3.98. The van der Waals surface area contributed by atoms with Crippen molar-refractivity contribution in [3.8, 4) is 5.40 Å². The Kier molecular flexibility index (Phi) is 8.61. The van der Waals surface area contributed by atoms with E-state index < -0.39 is 0 Å². The van der Waals surface area contributed by atoms with Gasteiger partial charge in [0.2, 0.25) is 0 Å². The van der Waals surface area contributed by atoms with Crippen LogP contribution in [0.4, 0.5) is 0 Å². The van der Waals surface area contributed by atoms with Gasteiger partial charge < -0.3 is 18.4 Å². The Morgan fingerprint density at radius 1 is 1.74 bits per heavy atom. The number of nitrogens with zero attached hydrogens (tertiary/aromatic N) is 3. The molecule has 1 heterocycles. The van der Waals surface area contributed by atoms with Crippen LogP contribution in [0, 0.1) is 10.7 Å². The number of nitrogens with one attached hydrogen (secondary N) is 2. The van der Waals surface area contributed by atoms with Gasteiger partial charge >= 0.3 is 0 Å². The van der Waals surface area contributed by atoms with E-state index in [4.69, 9.17) is 11.0 Å². The normalized spacial score (nSPS) is 17.6. The lowest BCUT2D eigenvalue weighted by atomic mass is 10.1. The summed E-state index contributed by atoms with van der Waals surface area (Å²) >= 11 is 8.37. The second kappa shape index (κ2) is 9.38. The lowest BCUT2D eigenvalue weighted by Crippen LogP contribution is -3.05. The van der Waals surface area contributed by atoms with Crippen molar-refractivity contribution >= 4 is 42.0 Å². The van der Waals surface area contributed by atoms with E-state index >= 15 is 0 Å². The molecule has 0 radical (unpaired) electrons. The summed E-state index contributed by atoms with van der Waals surface area (Å²) in [6.07, 6.45) is 3.74. The molecule has 1 aliphatic rings. The first-order chi connectivity index (χ1) is 8.92. The zero-order valence-corrected chi connectivity index (χ0v) is 12.9. The summed E-state index contributed by atoms with van der Waals surface area (Å²) in [5.41, 5.74) is 11.3. The Bertz CT molecular complexity index is 447. The van der Waals surface area contributed by atoms with Crippen LogP contribution in [0.3, 0.4) is 0 Å². The zero-order chi connectivity index (χ0) is 14.8. The van der Waals surface area contributed by atoms with Gasteiger partial charge in [0.1, 0.15) is 5.70 Å². The lowest BCUT2D eigenvalue weighted by Gasteiger charge is -2.07. The maximum absolute atomic E-state index is 7.13. The summed E-state index contributed by atoms with van der Waals surface area (Å²) in [5, 5.41) is 12.7. The molecule has 8 heteroatoms. The van der Waals surface area contributed by atoms with Crippen LogP contribution in [-0.4, -0.2) is 24.2 Å². The molecule has 0 aliphatic carbocycles. The fourth-order valence-corrected chi connectivity index (χ4v) is 1.57. The van der Waals surface area contributed by atoms with Crippen molar-refractivity contribution in [3.05, 3.63) is 11.4 Å². The maximum atomic E-state index is 7.13. The maximum Gasteiger partial charge on any atom is 0.193 e. The van der Waals surface area contributed by atoms with E-state index in [1.807, 2.05) is 20.2 Å². The zero-order valence-electron chi connectivity index (χ0n) is 11.2. The van der Waals surface area contributed by atoms with Crippen molar-refractivity contribution < 1.29 is 4.90 Å². The highest BCUT2D eigenvalue weighted by molar-refractivity contribution is 7.80. The quantitative estimate of drug-likeness (QED) is 0.219. The second-order valence-electron chi connectivity index (χ2n) is 3.92. The van der Waals surface area contributed by atoms with Gasteiger partial charge in [0.05, 0.1) is 12.7 Å². The van der Waals surface area contributed by atoms with E-state index in [0.29, 0.717) is 0 Å². The molecule has 0 saturated heterocycles. The molecule has 19 heavy (non-hydrogen) atoms. The Hall–Kier alpha value is -1.56. The molecular formula is C11H18N6S2. The number of nitriles is 1. The van der Waals surface area contributed by atoms with Gasteiger partial charge in [0.25, 0.3) is 0 Å². The van der Waals surface area contributed by atoms with Crippen LogP contribution in [0.15, 0.2) is 21.5 Å². The summed E-state index contributed by atoms with van der Waals surface area (Å²) in [4.78, 5) is 5.52. The van der Waals surface area contributed by atoms with Crippen LogP contribution >= 0.6 is 12.2 Å². The Morgan fingerprint density at radius 2 is 2.32 bits per heavy atom. The number of rotatable bonds is 4. The summed E-state index contributed by atoms with van der Waals surface area (Å²) in [5.74, 6) is 0. The van der Waals surface area contributed by atoms with Crippen molar-refractivity contribution in [2.45, 2.75) is 26.7 Å². The Balaban J connectivity index is 0.000000982. The average Bonchev–Trinajstić information content (AvgIpc) is 2.65. The van der Waals surface area contributed by atoms with Crippen molar-refractivity contribution in [1.82, 2.24) is 5.43 Å². The molecule has 1 aliphatic heterocycles. The average molecular weight is 298 g/mol. The number of thiocyanates is 1. The molecule has 6 nitrogen and oxygen atoms in total. The molecule has 1 atom stereocenters. The molecule has 1 unspecified atom stereocenters. The number of hydrogen-bond donors (Lipinski definition) is 3. The summed E-state index contributed by atoms with van der Waals surface area (Å²) in [6, 6.07) is 0. The van der Waals surface area contributed by atoms with Crippen LogP contribution in [0.5, 0.6) is 0 Å². The van der Waals surface area contributed by atoms with Crippen LogP contribution in [0.2, 0.25) is 0 Å². The third-order valence-corrected chi connectivity index (χ3v) is 2.55. The van der Waals surface area contributed by atoms with E-state index in [9.17, 15) is 0 Å². The first-order valence-electron chi connectivity index (χ1n) is 5.60. The fraction of sp³-hybridized carbons (Fsp3) is 0.455. The molecule has 0 aromatic carbocycles. The number of hydrogen-bond acceptors (Lipinski definition) is 5. The second-order valence-corrected chi connectivity index (χ2v) is 4.54. The smallest absolute Gasteiger partial charge is 0.193 e. The molecule has 0 bridgehead atoms. The van der Waals surface area contributed by atoms with Gasteiger partial charge in [-0.25, -0.2) is 10.3 Å². The molecule has 0 saturated carbocycles. The highest BCUT2D eigenvalue weighted by atomic mass is 32.1. The minimum atomic E-state index is 0.196. The highest BCUT2D eigenvalue weighted by Crippen LogP contribution is 2.09. The van der Waals surface area contributed by atoms with Gasteiger partial charge in [-0.1, -0.05) is 5.40 Å². The Morgan fingerprint density at radius 3 is 2.74 bits per heavy atom. The molecule has 0 aromatic heterocycles. The van der Waals surface area contributed by atoms with Crippen LogP contribution in [0.25, 0.3) is 0 Å². The minimum Gasteiger partial charge on any atom is -0.696 e. The van der Waals surface area contributed by atoms with Gasteiger partial charge in [-0.05, 0) is 32.5 Å². The Labute approximate surface area is 124 Å². The molecule has 104 valence electrons. The lowest BCUT2D eigenvalue weighted by molar-refractivity contribution is -0.728. The largest absolute Gasteiger partial charge is 0.696 e. The van der Waals surface area contributed by atoms with Crippen molar-refractivity contribution in [2.75, 3.05) is 7.05 Å². The number of quaternary nitrogens is 1. The van der Waals surface area contributed by atoms with E-state index in [1.165, 1.54) is 16.0 Å². The molecule has 4 N–H and O–H groups in total. The van der Waals surface area contributed by atoms with Crippen molar-refractivity contribution in [3.63, 3.8) is 0 Å². The van der Waals surface area contributed by atoms with Crippen LogP contribution in [0.1, 0.15) is 26.7 Å². The fourth-order valence-electron chi connectivity index (χ4n) is 1.53. The van der Waals surface area contributed by atoms with Crippen LogP contribution in [-0.2, 0) is 12.6 Å². The predicted octanol–water partition coefficient (Wildman–Crippen LogP) is -0.222. The minimum absolute atomic E-state index is 0.196. The molecular weight excluding hydrogens is 280 g/mol. The standard InChI is InChI=1S/C10H17N5S.CHNS/c1-7(13-14-10(11)16)4-5-9-8(2)12-6-15(9)3;2-1-3/h6H,4-5H2,1-3H3,(H3,11,14,16);3H/b13-7+;. The van der Waals surface area contributed by atoms with E-state index in [0.717, 1.165) is 24.3 Å². The predicted molar refractivity (Wildman–Crippen MR) is 83.3 cm³/mol. The number of thiocarbonyl (C=S) groups is 1. The van der Waals surface area contributed by atoms with E-state index in [1.54, 1.807) is 0 Å². The molecule has 1 rings (SSSR count). The number of allylic oxidation sites excluding steroid dienone is 2. The van der Waals surface area contributed by atoms with Gasteiger partial charge in [0.15, 0.2) is 11.5 Å². The number of hydrazone groups is 1. The molecule has 0 fully saturated rings. The monoisotopic (exact) mass is 298 g/mol. The first-order valence-corrected chi connectivity index (χ1v) is 6.41. The van der Waals surface area contributed by atoms with Gasteiger partial charge in [-0.2, -0.15) is 5.10 Å². The highest BCUT2D eigenvalue weighted by Gasteiger charge is 2.17. The number of nitrogens with two attached hydrogens (primary N) is 1. The molecule has 0 amide bonds. The van der Waals surface area contributed by atoms with Gasteiger partial charge in [-0.3, -0.25) is 10.3 Å². The summed E-state index contributed by atoms with van der Waals surface area (Å²) < 4.78 is 0. The van der Waals surface area contributed by atoms with Crippen molar-refractivity contribution in [1.29, 1.82) is 5.26 Å². The van der Waals surface area contributed by atoms with E-state index in [-0.39, 0.29) is 5.11 Å². The number of aliphatic imine (C=N–C) groups is 1. The molecule has 0 aromatic rings. The summed E-state index contributed by atoms with van der Waals surface area (Å²) in [7, 11) is 2.08. The SMILES string of the molecule is CC1=C(CC/C(C)=N/NC(N)=S)[NH+](C)C=N1.N#C[S-]. The van der Waals surface area contributed by atoms with Crippen molar-refractivity contribution in [2.24, 2.45) is 15.8 Å². The molecule has 0 spiro atoms. The van der Waals surface area contributed by atoms with Crippen LogP contribution < -0.4 is 16.1 Å². The van der Waals surface area contributed by atoms with Gasteiger partial charge in [0, 0.05) is 12.1 Å². The van der Waals surface area contributed by atoms with Gasteiger partial charge in [-0.15, -0.1) is 0 Å². The first kappa shape index (κ1) is 17.4. The third kappa shape index (κ3) is 7.46.